The first-order chi connectivity index (χ1) is 10.2. The molecule has 0 heterocycles. The summed E-state index contributed by atoms with van der Waals surface area (Å²) in [5, 5.41) is 12.7. The van der Waals surface area contributed by atoms with Crippen LogP contribution in [-0.4, -0.2) is 22.9 Å². The lowest BCUT2D eigenvalue weighted by molar-refractivity contribution is -0.147. The Bertz CT molecular complexity index is 562. The number of nitrogens with two attached hydrogens (primary N) is 1. The maximum absolute atomic E-state index is 11.4. The lowest BCUT2D eigenvalue weighted by atomic mass is 9.87. The van der Waals surface area contributed by atoms with Gasteiger partial charge in [-0.05, 0) is 23.6 Å². The molecule has 0 radical (unpaired) electrons. The molecular weight excluding hydrogens is 284 g/mol. The summed E-state index contributed by atoms with van der Waals surface area (Å²) in [4.78, 5) is 27.1. The van der Waals surface area contributed by atoms with Crippen molar-refractivity contribution >= 4 is 17.8 Å². The maximum Gasteiger partial charge on any atom is 0.337 e. The number of benzene rings is 1. The third-order valence-electron chi connectivity index (χ3n) is 3.21. The summed E-state index contributed by atoms with van der Waals surface area (Å²) in [5.41, 5.74) is 6.98. The average Bonchev–Trinajstić information content (AvgIpc) is 2.44. The van der Waals surface area contributed by atoms with E-state index < -0.39 is 11.9 Å². The smallest absolute Gasteiger partial charge is 0.337 e. The van der Waals surface area contributed by atoms with Crippen LogP contribution in [0.4, 0.5) is 0 Å². The van der Waals surface area contributed by atoms with Crippen molar-refractivity contribution < 1.29 is 19.5 Å². The molecule has 0 amide bonds. The molecule has 0 aromatic heterocycles. The lowest BCUT2D eigenvalue weighted by Crippen LogP contribution is -2.27. The van der Waals surface area contributed by atoms with E-state index in [2.05, 4.69) is 5.16 Å². The van der Waals surface area contributed by atoms with Gasteiger partial charge < -0.3 is 15.7 Å². The first-order valence-electron chi connectivity index (χ1n) is 7.11. The standard InChI is InChI=1S/C16H22N2O4/c1-9(2)13(14(17)18-22-16(21)10(3)4)11-5-7-12(8-6-11)15(19)20/h5-10,13H,1-4H3,(H2,17,18)(H,19,20). The third kappa shape index (κ3) is 4.58. The van der Waals surface area contributed by atoms with E-state index >= 15 is 0 Å². The van der Waals surface area contributed by atoms with Crippen molar-refractivity contribution in [2.75, 3.05) is 0 Å². The van der Waals surface area contributed by atoms with E-state index in [4.69, 9.17) is 15.7 Å². The van der Waals surface area contributed by atoms with Gasteiger partial charge in [0.1, 0.15) is 5.84 Å². The van der Waals surface area contributed by atoms with Crippen LogP contribution < -0.4 is 5.73 Å². The van der Waals surface area contributed by atoms with Crippen molar-refractivity contribution in [3.05, 3.63) is 35.4 Å². The number of hydrogen-bond donors (Lipinski definition) is 2. The number of nitrogens with zero attached hydrogens (tertiary/aromatic N) is 1. The molecule has 6 nitrogen and oxygen atoms in total. The maximum atomic E-state index is 11.4. The summed E-state index contributed by atoms with van der Waals surface area (Å²) < 4.78 is 0. The van der Waals surface area contributed by atoms with Gasteiger partial charge in [0.25, 0.3) is 0 Å². The molecule has 0 saturated carbocycles. The van der Waals surface area contributed by atoms with Crippen molar-refractivity contribution in [2.45, 2.75) is 33.6 Å². The predicted octanol–water partition coefficient (Wildman–Crippen LogP) is 2.60. The Kier molecular flexibility index (Phi) is 6.10. The zero-order valence-corrected chi connectivity index (χ0v) is 13.2. The molecule has 0 bridgehead atoms. The van der Waals surface area contributed by atoms with E-state index in [-0.39, 0.29) is 29.2 Å². The summed E-state index contributed by atoms with van der Waals surface area (Å²) in [6.45, 7) is 7.34. The van der Waals surface area contributed by atoms with Crippen LogP contribution >= 0.6 is 0 Å². The SMILES string of the molecule is CC(C)C(=O)O/N=C(\N)C(c1ccc(C(=O)O)cc1)C(C)C. The van der Waals surface area contributed by atoms with E-state index in [1.54, 1.807) is 26.0 Å². The molecule has 120 valence electrons. The highest BCUT2D eigenvalue weighted by atomic mass is 16.7. The first kappa shape index (κ1) is 17.7. The fraction of sp³-hybridized carbons (Fsp3) is 0.438. The van der Waals surface area contributed by atoms with E-state index in [1.165, 1.54) is 12.1 Å². The quantitative estimate of drug-likeness (QED) is 0.364. The van der Waals surface area contributed by atoms with Gasteiger partial charge in [-0.2, -0.15) is 0 Å². The van der Waals surface area contributed by atoms with Gasteiger partial charge in [-0.1, -0.05) is 45.0 Å². The number of carbonyl (C=O) groups is 2. The predicted molar refractivity (Wildman–Crippen MR) is 83.5 cm³/mol. The molecular formula is C16H22N2O4. The Morgan fingerprint density at radius 2 is 1.68 bits per heavy atom. The summed E-state index contributed by atoms with van der Waals surface area (Å²) in [6, 6.07) is 6.42. The molecule has 0 aliphatic heterocycles. The largest absolute Gasteiger partial charge is 0.478 e. The van der Waals surface area contributed by atoms with Gasteiger partial charge in [0.15, 0.2) is 0 Å². The number of carbonyl (C=O) groups excluding carboxylic acids is 1. The molecule has 1 rings (SSSR count). The number of amidine groups is 1. The molecule has 0 fully saturated rings. The second-order valence-electron chi connectivity index (χ2n) is 5.73. The first-order valence-corrected chi connectivity index (χ1v) is 7.11. The van der Waals surface area contributed by atoms with Gasteiger partial charge in [0, 0.05) is 5.92 Å². The minimum absolute atomic E-state index is 0.109. The highest BCUT2D eigenvalue weighted by Gasteiger charge is 2.22. The molecule has 22 heavy (non-hydrogen) atoms. The molecule has 3 N–H and O–H groups in total. The summed E-state index contributed by atoms with van der Waals surface area (Å²) in [6.07, 6.45) is 0. The second-order valence-corrected chi connectivity index (χ2v) is 5.73. The monoisotopic (exact) mass is 306 g/mol. The molecule has 1 atom stereocenters. The van der Waals surface area contributed by atoms with Crippen molar-refractivity contribution in [1.29, 1.82) is 0 Å². The highest BCUT2D eigenvalue weighted by Crippen LogP contribution is 2.25. The van der Waals surface area contributed by atoms with E-state index in [1.807, 2.05) is 13.8 Å². The van der Waals surface area contributed by atoms with Crippen LogP contribution in [0.15, 0.2) is 29.4 Å². The van der Waals surface area contributed by atoms with Crippen LogP contribution in [0.25, 0.3) is 0 Å². The van der Waals surface area contributed by atoms with Gasteiger partial charge in [0.05, 0.1) is 11.5 Å². The number of hydrogen-bond acceptors (Lipinski definition) is 4. The molecule has 0 saturated heterocycles. The fourth-order valence-electron chi connectivity index (χ4n) is 1.99. The number of carboxylic acids is 1. The van der Waals surface area contributed by atoms with Crippen LogP contribution in [0.2, 0.25) is 0 Å². The Morgan fingerprint density at radius 3 is 2.09 bits per heavy atom. The molecule has 1 unspecified atom stereocenters. The second kappa shape index (κ2) is 7.59. The molecule has 6 heteroatoms. The Balaban J connectivity index is 3.00. The van der Waals surface area contributed by atoms with Gasteiger partial charge >= 0.3 is 11.9 Å². The Morgan fingerprint density at radius 1 is 1.14 bits per heavy atom. The zero-order chi connectivity index (χ0) is 16.9. The fourth-order valence-corrected chi connectivity index (χ4v) is 1.99. The minimum atomic E-state index is -0.986. The number of aromatic carboxylic acids is 1. The van der Waals surface area contributed by atoms with Crippen LogP contribution in [-0.2, 0) is 9.63 Å². The third-order valence-corrected chi connectivity index (χ3v) is 3.21. The average molecular weight is 306 g/mol. The zero-order valence-electron chi connectivity index (χ0n) is 13.2. The number of carboxylic acid groups (broad SMARTS) is 1. The van der Waals surface area contributed by atoms with Gasteiger partial charge in [0.2, 0.25) is 0 Å². The van der Waals surface area contributed by atoms with E-state index in [0.29, 0.717) is 0 Å². The molecule has 0 spiro atoms. The van der Waals surface area contributed by atoms with Crippen molar-refractivity contribution in [3.8, 4) is 0 Å². The Hall–Kier alpha value is -2.37. The summed E-state index contributed by atoms with van der Waals surface area (Å²) >= 11 is 0. The van der Waals surface area contributed by atoms with Crippen molar-refractivity contribution in [1.82, 2.24) is 0 Å². The number of rotatable bonds is 6. The molecule has 1 aromatic carbocycles. The minimum Gasteiger partial charge on any atom is -0.478 e. The Labute approximate surface area is 130 Å². The highest BCUT2D eigenvalue weighted by molar-refractivity contribution is 5.89. The van der Waals surface area contributed by atoms with Gasteiger partial charge in [-0.15, -0.1) is 0 Å². The molecule has 1 aromatic rings. The van der Waals surface area contributed by atoms with Gasteiger partial charge in [-0.25, -0.2) is 9.59 Å². The van der Waals surface area contributed by atoms with E-state index in [9.17, 15) is 9.59 Å². The van der Waals surface area contributed by atoms with Crippen LogP contribution in [0.3, 0.4) is 0 Å². The van der Waals surface area contributed by atoms with Crippen LogP contribution in [0, 0.1) is 11.8 Å². The lowest BCUT2D eigenvalue weighted by Gasteiger charge is -2.20. The molecule has 0 aliphatic carbocycles. The van der Waals surface area contributed by atoms with Crippen LogP contribution in [0.1, 0.15) is 49.5 Å². The number of oxime groups is 1. The van der Waals surface area contributed by atoms with Gasteiger partial charge in [-0.3, -0.25) is 0 Å². The van der Waals surface area contributed by atoms with Crippen molar-refractivity contribution in [3.63, 3.8) is 0 Å². The van der Waals surface area contributed by atoms with Crippen LogP contribution in [0.5, 0.6) is 0 Å². The topological polar surface area (TPSA) is 102 Å². The van der Waals surface area contributed by atoms with E-state index in [0.717, 1.165) is 5.56 Å². The summed E-state index contributed by atoms with van der Waals surface area (Å²) in [5.74, 6) is -1.69. The summed E-state index contributed by atoms with van der Waals surface area (Å²) in [7, 11) is 0. The normalized spacial score (nSPS) is 13.3. The van der Waals surface area contributed by atoms with Crippen molar-refractivity contribution in [2.24, 2.45) is 22.7 Å². The molecule has 0 aliphatic rings.